The summed E-state index contributed by atoms with van der Waals surface area (Å²) in [4.78, 5) is 41.4. The minimum absolute atomic E-state index is 0.101. The topological polar surface area (TPSA) is 108 Å². The van der Waals surface area contributed by atoms with Crippen LogP contribution in [0.4, 0.5) is 5.69 Å². The second-order valence-electron chi connectivity index (χ2n) is 9.24. The number of carbonyl (C=O) groups is 3. The van der Waals surface area contributed by atoms with E-state index in [2.05, 4.69) is 15.6 Å². The number of rotatable bonds is 8. The van der Waals surface area contributed by atoms with Crippen LogP contribution < -0.4 is 10.6 Å². The molecule has 1 aromatic heterocycles. The predicted molar refractivity (Wildman–Crippen MR) is 135 cm³/mol. The Balaban J connectivity index is 1.50. The smallest absolute Gasteiger partial charge is 0.329 e. The lowest BCUT2D eigenvalue weighted by atomic mass is 9.62. The van der Waals surface area contributed by atoms with Crippen LogP contribution in [0.2, 0.25) is 10.0 Å². The largest absolute Gasteiger partial charge is 0.479 e. The SMILES string of the molecule is CC[C@@](Cc1ccc(NC(=O)c2c(Cl)cncc2Cl)cc1)(NC1=CC(=O)C12CCCCC2)C(=O)O. The summed E-state index contributed by atoms with van der Waals surface area (Å²) >= 11 is 12.1. The van der Waals surface area contributed by atoms with Gasteiger partial charge in [0.15, 0.2) is 5.78 Å². The van der Waals surface area contributed by atoms with E-state index in [4.69, 9.17) is 23.2 Å². The molecule has 0 bridgehead atoms. The molecule has 0 radical (unpaired) electrons. The van der Waals surface area contributed by atoms with Gasteiger partial charge < -0.3 is 15.7 Å². The summed E-state index contributed by atoms with van der Waals surface area (Å²) in [5, 5.41) is 16.5. The molecule has 0 unspecified atom stereocenters. The van der Waals surface area contributed by atoms with Crippen molar-refractivity contribution in [1.82, 2.24) is 10.3 Å². The highest BCUT2D eigenvalue weighted by atomic mass is 35.5. The lowest BCUT2D eigenvalue weighted by Gasteiger charge is -2.46. The van der Waals surface area contributed by atoms with Crippen molar-refractivity contribution in [3.05, 3.63) is 69.6 Å². The fourth-order valence-corrected chi connectivity index (χ4v) is 5.50. The van der Waals surface area contributed by atoms with Crippen LogP contribution in [0.5, 0.6) is 0 Å². The first-order chi connectivity index (χ1) is 16.7. The number of halogens is 2. The van der Waals surface area contributed by atoms with E-state index in [1.54, 1.807) is 30.3 Å². The number of aromatic nitrogens is 1. The Kier molecular flexibility index (Phi) is 7.20. The van der Waals surface area contributed by atoms with Crippen molar-refractivity contribution in [2.24, 2.45) is 5.41 Å². The number of hydrogen-bond acceptors (Lipinski definition) is 5. The molecule has 1 amide bonds. The molecule has 7 nitrogen and oxygen atoms in total. The molecule has 3 N–H and O–H groups in total. The summed E-state index contributed by atoms with van der Waals surface area (Å²) in [6.45, 7) is 1.83. The number of allylic oxidation sites excluding steroid dienone is 2. The number of hydrogen-bond donors (Lipinski definition) is 3. The highest BCUT2D eigenvalue weighted by Gasteiger charge is 2.51. The maximum atomic E-state index is 12.6. The second-order valence-corrected chi connectivity index (χ2v) is 10.1. The summed E-state index contributed by atoms with van der Waals surface area (Å²) in [6.07, 6.45) is 9.38. The number of nitrogens with one attached hydrogen (secondary N) is 2. The molecule has 1 heterocycles. The first-order valence-corrected chi connectivity index (χ1v) is 12.4. The van der Waals surface area contributed by atoms with Crippen LogP contribution in [0, 0.1) is 5.41 Å². The fourth-order valence-electron chi connectivity index (χ4n) is 4.96. The summed E-state index contributed by atoms with van der Waals surface area (Å²) in [6, 6.07) is 6.95. The number of ketones is 1. The minimum atomic E-state index is -1.25. The third-order valence-corrected chi connectivity index (χ3v) is 7.73. The van der Waals surface area contributed by atoms with Crippen LogP contribution in [0.3, 0.4) is 0 Å². The highest BCUT2D eigenvalue weighted by molar-refractivity contribution is 6.40. The maximum absolute atomic E-state index is 12.6. The number of carboxylic acid groups (broad SMARTS) is 1. The normalized spacial score (nSPS) is 18.3. The zero-order valence-electron chi connectivity index (χ0n) is 19.4. The molecule has 0 aliphatic heterocycles. The van der Waals surface area contributed by atoms with Crippen LogP contribution in [0.1, 0.15) is 61.4 Å². The molecule has 1 saturated carbocycles. The van der Waals surface area contributed by atoms with Crippen LogP contribution in [-0.2, 0) is 16.0 Å². The Morgan fingerprint density at radius 1 is 1.09 bits per heavy atom. The van der Waals surface area contributed by atoms with Gasteiger partial charge in [0.25, 0.3) is 5.91 Å². The maximum Gasteiger partial charge on any atom is 0.329 e. The number of pyridine rings is 1. The number of amides is 1. The summed E-state index contributed by atoms with van der Waals surface area (Å²) in [5.41, 5.74) is 0.386. The number of carbonyl (C=O) groups excluding carboxylic acids is 2. The molecule has 2 aliphatic rings. The number of carboxylic acids is 1. The Labute approximate surface area is 213 Å². The molecule has 2 aliphatic carbocycles. The van der Waals surface area contributed by atoms with Crippen molar-refractivity contribution < 1.29 is 19.5 Å². The van der Waals surface area contributed by atoms with E-state index in [1.807, 2.05) is 6.92 Å². The molecule has 1 spiro atoms. The van der Waals surface area contributed by atoms with Gasteiger partial charge in [0, 0.05) is 36.3 Å². The Bertz CT molecular complexity index is 1170. The van der Waals surface area contributed by atoms with Gasteiger partial charge in [-0.05, 0) is 37.0 Å². The predicted octanol–water partition coefficient (Wildman–Crippen LogP) is 5.42. The van der Waals surface area contributed by atoms with Crippen molar-refractivity contribution in [2.45, 2.75) is 57.4 Å². The van der Waals surface area contributed by atoms with Crippen LogP contribution in [0.15, 0.2) is 48.4 Å². The lowest BCUT2D eigenvalue weighted by Crippen LogP contribution is -2.59. The van der Waals surface area contributed by atoms with Crippen LogP contribution in [-0.4, -0.2) is 33.3 Å². The van der Waals surface area contributed by atoms with Crippen molar-refractivity contribution in [2.75, 3.05) is 5.32 Å². The van der Waals surface area contributed by atoms with Crippen molar-refractivity contribution in [3.63, 3.8) is 0 Å². The number of anilines is 1. The Morgan fingerprint density at radius 3 is 2.26 bits per heavy atom. The van der Waals surface area contributed by atoms with E-state index in [-0.39, 0.29) is 27.8 Å². The fraction of sp³-hybridized carbons (Fsp3) is 0.385. The Hall–Kier alpha value is -2.90. The third-order valence-electron chi connectivity index (χ3n) is 7.15. The summed E-state index contributed by atoms with van der Waals surface area (Å²) in [7, 11) is 0. The van der Waals surface area contributed by atoms with Gasteiger partial charge in [-0.25, -0.2) is 4.79 Å². The molecule has 0 saturated heterocycles. The molecule has 1 fully saturated rings. The van der Waals surface area contributed by atoms with Gasteiger partial charge in [-0.2, -0.15) is 0 Å². The van der Waals surface area contributed by atoms with Crippen molar-refractivity contribution >= 4 is 46.5 Å². The number of benzene rings is 1. The number of nitrogens with zero attached hydrogens (tertiary/aromatic N) is 1. The van der Waals surface area contributed by atoms with E-state index < -0.39 is 22.8 Å². The van der Waals surface area contributed by atoms with Gasteiger partial charge in [-0.15, -0.1) is 0 Å². The monoisotopic (exact) mass is 515 g/mol. The molecule has 35 heavy (non-hydrogen) atoms. The average Bonchev–Trinajstić information content (AvgIpc) is 2.84. The summed E-state index contributed by atoms with van der Waals surface area (Å²) in [5.74, 6) is -1.33. The molecule has 184 valence electrons. The molecule has 1 aromatic carbocycles. The zero-order chi connectivity index (χ0) is 25.2. The van der Waals surface area contributed by atoms with Gasteiger partial charge in [-0.1, -0.05) is 61.5 Å². The Morgan fingerprint density at radius 2 is 1.71 bits per heavy atom. The second kappa shape index (κ2) is 9.99. The van der Waals surface area contributed by atoms with Gasteiger partial charge in [0.1, 0.15) is 5.54 Å². The number of aliphatic carboxylic acids is 1. The molecular weight excluding hydrogens is 489 g/mol. The summed E-state index contributed by atoms with van der Waals surface area (Å²) < 4.78 is 0. The van der Waals surface area contributed by atoms with E-state index in [0.29, 0.717) is 12.1 Å². The molecule has 4 rings (SSSR count). The van der Waals surface area contributed by atoms with E-state index in [0.717, 1.165) is 43.4 Å². The molecule has 1 atom stereocenters. The van der Waals surface area contributed by atoms with Gasteiger partial charge >= 0.3 is 5.97 Å². The highest BCUT2D eigenvalue weighted by Crippen LogP contribution is 2.49. The van der Waals surface area contributed by atoms with Gasteiger partial charge in [0.2, 0.25) is 0 Å². The van der Waals surface area contributed by atoms with E-state index in [1.165, 1.54) is 12.4 Å². The van der Waals surface area contributed by atoms with Gasteiger partial charge in [0.05, 0.1) is 21.0 Å². The first-order valence-electron chi connectivity index (χ1n) is 11.7. The van der Waals surface area contributed by atoms with E-state index >= 15 is 0 Å². The minimum Gasteiger partial charge on any atom is -0.479 e. The molecule has 2 aromatic rings. The van der Waals surface area contributed by atoms with Gasteiger partial charge in [-0.3, -0.25) is 14.6 Å². The lowest BCUT2D eigenvalue weighted by molar-refractivity contribution is -0.145. The molecule has 9 heteroatoms. The van der Waals surface area contributed by atoms with Crippen LogP contribution in [0.25, 0.3) is 0 Å². The van der Waals surface area contributed by atoms with Crippen LogP contribution >= 0.6 is 23.2 Å². The quantitative estimate of drug-likeness (QED) is 0.432. The first kappa shape index (κ1) is 25.2. The third kappa shape index (κ3) is 4.80. The zero-order valence-corrected chi connectivity index (χ0v) is 20.9. The average molecular weight is 516 g/mol. The standard InChI is InChI=1S/C26H27Cl2N3O4/c1-2-26(24(34)35,31-20-12-21(32)25(20)10-4-3-5-11-25)13-16-6-8-17(9-7-16)30-23(33)22-18(27)14-29-15-19(22)28/h6-9,12,14-15,31H,2-5,10-11,13H2,1H3,(H,30,33)(H,34,35)/t26-/m0/s1. The van der Waals surface area contributed by atoms with Crippen molar-refractivity contribution in [3.8, 4) is 0 Å². The van der Waals surface area contributed by atoms with E-state index in [9.17, 15) is 19.5 Å². The van der Waals surface area contributed by atoms with Crippen molar-refractivity contribution in [1.29, 1.82) is 0 Å². The molecular formula is C26H27Cl2N3O4.